The van der Waals surface area contributed by atoms with Crippen molar-refractivity contribution < 1.29 is 4.74 Å². The van der Waals surface area contributed by atoms with Gasteiger partial charge in [-0.3, -0.25) is 4.90 Å². The summed E-state index contributed by atoms with van der Waals surface area (Å²) in [7, 11) is 0. The van der Waals surface area contributed by atoms with Gasteiger partial charge in [0.15, 0.2) is 5.96 Å². The lowest BCUT2D eigenvalue weighted by Crippen LogP contribution is -2.38. The highest BCUT2D eigenvalue weighted by Crippen LogP contribution is 2.15. The highest BCUT2D eigenvalue weighted by molar-refractivity contribution is 14.0. The maximum Gasteiger partial charge on any atom is 0.191 e. The third-order valence-corrected chi connectivity index (χ3v) is 6.15. The van der Waals surface area contributed by atoms with Crippen LogP contribution in [0.15, 0.2) is 35.5 Å². The molecule has 0 bridgehead atoms. The molecular formula is C22H34IN5OS. The zero-order valence-electron chi connectivity index (χ0n) is 18.0. The number of guanidine groups is 1. The van der Waals surface area contributed by atoms with E-state index in [0.717, 1.165) is 64.7 Å². The molecule has 6 nitrogen and oxygen atoms in total. The molecule has 0 spiro atoms. The van der Waals surface area contributed by atoms with Crippen LogP contribution < -0.4 is 10.6 Å². The Kier molecular flexibility index (Phi) is 11.6. The van der Waals surface area contributed by atoms with Crippen molar-refractivity contribution in [3.63, 3.8) is 0 Å². The summed E-state index contributed by atoms with van der Waals surface area (Å²) >= 11 is 1.80. The van der Waals surface area contributed by atoms with Crippen LogP contribution in [0.25, 0.3) is 0 Å². The van der Waals surface area contributed by atoms with Crippen LogP contribution in [0.4, 0.5) is 0 Å². The third kappa shape index (κ3) is 8.13. The Morgan fingerprint density at radius 1 is 1.17 bits per heavy atom. The van der Waals surface area contributed by atoms with Crippen molar-refractivity contribution in [2.45, 2.75) is 39.8 Å². The molecule has 1 fully saturated rings. The largest absolute Gasteiger partial charge is 0.379 e. The van der Waals surface area contributed by atoms with E-state index in [1.165, 1.54) is 21.0 Å². The van der Waals surface area contributed by atoms with E-state index in [0.29, 0.717) is 6.54 Å². The minimum atomic E-state index is 0. The molecule has 0 unspecified atom stereocenters. The molecule has 1 aliphatic rings. The number of aromatic nitrogens is 1. The fourth-order valence-corrected chi connectivity index (χ4v) is 4.15. The fraction of sp³-hybridized carbons (Fsp3) is 0.545. The number of thiazole rings is 1. The maximum atomic E-state index is 5.47. The predicted molar refractivity (Wildman–Crippen MR) is 136 cm³/mol. The fourth-order valence-electron chi connectivity index (χ4n) is 3.29. The topological polar surface area (TPSA) is 61.8 Å². The summed E-state index contributed by atoms with van der Waals surface area (Å²) in [6.07, 6.45) is 3.96. The lowest BCUT2D eigenvalue weighted by atomic mass is 10.1. The van der Waals surface area contributed by atoms with Gasteiger partial charge in [-0.1, -0.05) is 31.2 Å². The number of hydrogen-bond donors (Lipinski definition) is 2. The number of benzene rings is 1. The molecule has 166 valence electrons. The minimum absolute atomic E-state index is 0. The van der Waals surface area contributed by atoms with Crippen LogP contribution >= 0.6 is 35.3 Å². The number of aryl methyl sites for hydroxylation is 1. The number of nitrogens with zero attached hydrogens (tertiary/aromatic N) is 3. The summed E-state index contributed by atoms with van der Waals surface area (Å²) in [6, 6.07) is 8.62. The molecule has 1 aromatic heterocycles. The number of hydrogen-bond acceptors (Lipinski definition) is 5. The first-order chi connectivity index (χ1) is 14.3. The van der Waals surface area contributed by atoms with Gasteiger partial charge in [0.2, 0.25) is 0 Å². The van der Waals surface area contributed by atoms with E-state index < -0.39 is 0 Å². The van der Waals surface area contributed by atoms with Crippen molar-refractivity contribution in [1.29, 1.82) is 0 Å². The van der Waals surface area contributed by atoms with Gasteiger partial charge in [-0.2, -0.15) is 0 Å². The molecular weight excluding hydrogens is 509 g/mol. The van der Waals surface area contributed by atoms with Gasteiger partial charge in [-0.25, -0.2) is 9.98 Å². The highest BCUT2D eigenvalue weighted by atomic mass is 127. The smallest absolute Gasteiger partial charge is 0.191 e. The average molecular weight is 544 g/mol. The van der Waals surface area contributed by atoms with Gasteiger partial charge in [0, 0.05) is 50.2 Å². The van der Waals surface area contributed by atoms with Crippen LogP contribution in [0, 0.1) is 0 Å². The Hall–Kier alpha value is -1.23. The van der Waals surface area contributed by atoms with E-state index in [1.54, 1.807) is 11.3 Å². The first kappa shape index (κ1) is 25.0. The SMILES string of the molecule is CCNC(=NCc1ccccc1CN1CCOCC1)NCCc1ncc(CC)s1.I. The number of morpholine rings is 1. The van der Waals surface area contributed by atoms with E-state index in [2.05, 4.69) is 58.6 Å². The van der Waals surface area contributed by atoms with Crippen molar-refractivity contribution >= 4 is 41.3 Å². The van der Waals surface area contributed by atoms with Crippen LogP contribution in [0.5, 0.6) is 0 Å². The molecule has 3 rings (SSSR count). The number of halogens is 1. The lowest BCUT2D eigenvalue weighted by Gasteiger charge is -2.27. The van der Waals surface area contributed by atoms with E-state index in [-0.39, 0.29) is 24.0 Å². The second-order valence-corrected chi connectivity index (χ2v) is 8.30. The quantitative estimate of drug-likeness (QED) is 0.288. The van der Waals surface area contributed by atoms with Crippen molar-refractivity contribution in [3.8, 4) is 0 Å². The summed E-state index contributed by atoms with van der Waals surface area (Å²) in [5, 5.41) is 7.98. The Bertz CT molecular complexity index is 776. The number of rotatable bonds is 9. The molecule has 1 aliphatic heterocycles. The Morgan fingerprint density at radius 2 is 1.93 bits per heavy atom. The van der Waals surface area contributed by atoms with E-state index in [4.69, 9.17) is 9.73 Å². The van der Waals surface area contributed by atoms with Gasteiger partial charge in [0.25, 0.3) is 0 Å². The Labute approximate surface area is 201 Å². The first-order valence-corrected chi connectivity index (χ1v) is 11.4. The summed E-state index contributed by atoms with van der Waals surface area (Å²) in [5.74, 6) is 0.862. The molecule has 1 saturated heterocycles. The molecule has 0 aliphatic carbocycles. The molecule has 1 aromatic carbocycles. The lowest BCUT2D eigenvalue weighted by molar-refractivity contribution is 0.0341. The molecule has 2 heterocycles. The highest BCUT2D eigenvalue weighted by Gasteiger charge is 2.12. The minimum Gasteiger partial charge on any atom is -0.379 e. The van der Waals surface area contributed by atoms with Crippen molar-refractivity contribution in [3.05, 3.63) is 51.5 Å². The predicted octanol–water partition coefficient (Wildman–Crippen LogP) is 3.45. The Morgan fingerprint density at radius 3 is 2.63 bits per heavy atom. The van der Waals surface area contributed by atoms with Crippen LogP contribution in [0.2, 0.25) is 0 Å². The van der Waals surface area contributed by atoms with Crippen molar-refractivity contribution in [1.82, 2.24) is 20.5 Å². The average Bonchev–Trinajstić information content (AvgIpc) is 3.22. The third-order valence-electron chi connectivity index (χ3n) is 4.95. The van der Waals surface area contributed by atoms with Gasteiger partial charge in [0.05, 0.1) is 24.8 Å². The van der Waals surface area contributed by atoms with Gasteiger partial charge < -0.3 is 15.4 Å². The molecule has 0 radical (unpaired) electrons. The molecule has 0 amide bonds. The molecule has 8 heteroatoms. The number of nitrogens with one attached hydrogen (secondary N) is 2. The van der Waals surface area contributed by atoms with Gasteiger partial charge in [-0.15, -0.1) is 35.3 Å². The maximum absolute atomic E-state index is 5.47. The zero-order valence-corrected chi connectivity index (χ0v) is 21.2. The van der Waals surface area contributed by atoms with Crippen molar-refractivity contribution in [2.75, 3.05) is 39.4 Å². The summed E-state index contributed by atoms with van der Waals surface area (Å²) in [4.78, 5) is 13.1. The monoisotopic (exact) mass is 543 g/mol. The zero-order chi connectivity index (χ0) is 20.3. The van der Waals surface area contributed by atoms with Crippen LogP contribution in [-0.2, 0) is 30.7 Å². The van der Waals surface area contributed by atoms with E-state index in [9.17, 15) is 0 Å². The van der Waals surface area contributed by atoms with Crippen LogP contribution in [-0.4, -0.2) is 55.2 Å². The summed E-state index contributed by atoms with van der Waals surface area (Å²) in [5.41, 5.74) is 2.63. The summed E-state index contributed by atoms with van der Waals surface area (Å²) in [6.45, 7) is 11.2. The standard InChI is InChI=1S/C22H33N5OS.HI/c1-3-20-16-25-21(29-20)9-10-24-22(23-4-2)26-15-18-7-5-6-8-19(18)17-27-11-13-28-14-12-27;/h5-8,16H,3-4,9-15,17H2,1-2H3,(H2,23,24,26);1H. The second kappa shape index (κ2) is 14.0. The molecule has 2 N–H and O–H groups in total. The molecule has 0 atom stereocenters. The second-order valence-electron chi connectivity index (χ2n) is 7.10. The van der Waals surface area contributed by atoms with Crippen LogP contribution in [0.1, 0.15) is 34.9 Å². The Balaban J connectivity index is 0.00000320. The molecule has 2 aromatic rings. The number of ether oxygens (including phenoxy) is 1. The van der Waals surface area contributed by atoms with Gasteiger partial charge in [0.1, 0.15) is 0 Å². The van der Waals surface area contributed by atoms with E-state index in [1.807, 2.05) is 6.20 Å². The number of aliphatic imine (C=N–C) groups is 1. The van der Waals surface area contributed by atoms with Crippen LogP contribution in [0.3, 0.4) is 0 Å². The molecule has 30 heavy (non-hydrogen) atoms. The first-order valence-electron chi connectivity index (χ1n) is 10.6. The van der Waals surface area contributed by atoms with Gasteiger partial charge >= 0.3 is 0 Å². The van der Waals surface area contributed by atoms with Crippen molar-refractivity contribution in [2.24, 2.45) is 4.99 Å². The van der Waals surface area contributed by atoms with E-state index >= 15 is 0 Å². The normalized spacial score (nSPS) is 14.9. The summed E-state index contributed by atoms with van der Waals surface area (Å²) < 4.78 is 5.47. The molecule has 0 saturated carbocycles. The van der Waals surface area contributed by atoms with Gasteiger partial charge in [-0.05, 0) is 24.5 Å².